The quantitative estimate of drug-likeness (QED) is 0.856. The molecule has 4 aliphatic carbocycles. The highest BCUT2D eigenvalue weighted by molar-refractivity contribution is 5.48. The number of nitrogens with zero attached hydrogens (tertiary/aromatic N) is 1. The molecule has 3 N–H and O–H groups in total. The number of rotatable bonds is 2. The Hall–Kier alpha value is -0.990. The van der Waals surface area contributed by atoms with Gasteiger partial charge < -0.3 is 5.73 Å². The lowest BCUT2D eigenvalue weighted by Crippen LogP contribution is -2.53. The smallest absolute Gasteiger partial charge is 0.148 e. The molecule has 20 heavy (non-hydrogen) atoms. The summed E-state index contributed by atoms with van der Waals surface area (Å²) in [6.07, 6.45) is 8.44. The van der Waals surface area contributed by atoms with E-state index in [0.29, 0.717) is 16.7 Å². The normalized spacial score (nSPS) is 42.6. The highest BCUT2D eigenvalue weighted by Gasteiger charge is 2.57. The monoisotopic (exact) mass is 273 g/mol. The van der Waals surface area contributed by atoms with Gasteiger partial charge in [0.05, 0.1) is 0 Å². The number of H-pyrrole nitrogens is 1. The van der Waals surface area contributed by atoms with Crippen LogP contribution in [0.3, 0.4) is 0 Å². The molecule has 0 amide bonds. The zero-order chi connectivity index (χ0) is 14.1. The molecule has 0 aromatic carbocycles. The summed E-state index contributed by atoms with van der Waals surface area (Å²) in [5, 5.41) is 7.73. The molecule has 0 saturated heterocycles. The van der Waals surface area contributed by atoms with E-state index in [0.717, 1.165) is 17.7 Å². The average molecular weight is 273 g/mol. The van der Waals surface area contributed by atoms with Crippen LogP contribution in [0, 0.1) is 17.3 Å². The third-order valence-corrected chi connectivity index (χ3v) is 6.29. The third kappa shape index (κ3) is 1.61. The van der Waals surface area contributed by atoms with E-state index in [9.17, 15) is 0 Å². The van der Waals surface area contributed by atoms with Crippen molar-refractivity contribution in [2.45, 2.75) is 70.6 Å². The molecular formula is C17H27N3. The number of aromatic nitrogens is 2. The highest BCUT2D eigenvalue weighted by atomic mass is 15.2. The lowest BCUT2D eigenvalue weighted by molar-refractivity contribution is -0.0635. The number of anilines is 1. The predicted molar refractivity (Wildman–Crippen MR) is 81.6 cm³/mol. The van der Waals surface area contributed by atoms with E-state index < -0.39 is 0 Å². The van der Waals surface area contributed by atoms with Gasteiger partial charge in [-0.2, -0.15) is 5.10 Å². The molecule has 1 aromatic heterocycles. The Morgan fingerprint density at radius 3 is 2.40 bits per heavy atom. The Bertz CT molecular complexity index is 528. The van der Waals surface area contributed by atoms with Crippen LogP contribution in [-0.2, 0) is 5.41 Å². The molecule has 1 heterocycles. The van der Waals surface area contributed by atoms with Crippen molar-refractivity contribution < 1.29 is 0 Å². The molecule has 4 bridgehead atoms. The van der Waals surface area contributed by atoms with Crippen LogP contribution in [0.15, 0.2) is 0 Å². The molecule has 3 heteroatoms. The first kappa shape index (κ1) is 12.7. The Morgan fingerprint density at radius 2 is 1.85 bits per heavy atom. The van der Waals surface area contributed by atoms with E-state index in [-0.39, 0.29) is 0 Å². The lowest BCUT2D eigenvalue weighted by atomic mass is 9.43. The van der Waals surface area contributed by atoms with Crippen molar-refractivity contribution in [2.75, 3.05) is 5.73 Å². The first-order valence-electron chi connectivity index (χ1n) is 8.25. The number of nitrogens with two attached hydrogens (primary N) is 1. The first-order valence-corrected chi connectivity index (χ1v) is 8.25. The van der Waals surface area contributed by atoms with Crippen LogP contribution in [-0.4, -0.2) is 10.2 Å². The van der Waals surface area contributed by atoms with Crippen LogP contribution < -0.4 is 5.73 Å². The van der Waals surface area contributed by atoms with Crippen LogP contribution in [0.2, 0.25) is 0 Å². The molecule has 4 fully saturated rings. The van der Waals surface area contributed by atoms with E-state index >= 15 is 0 Å². The molecule has 110 valence electrons. The number of hydrogen-bond acceptors (Lipinski definition) is 2. The van der Waals surface area contributed by atoms with Gasteiger partial charge in [-0.05, 0) is 61.7 Å². The molecule has 2 atom stereocenters. The van der Waals surface area contributed by atoms with Gasteiger partial charge in [-0.3, -0.25) is 5.10 Å². The molecule has 2 unspecified atom stereocenters. The summed E-state index contributed by atoms with van der Waals surface area (Å²) in [5.41, 5.74) is 9.76. The molecule has 3 nitrogen and oxygen atoms in total. The van der Waals surface area contributed by atoms with Crippen LogP contribution >= 0.6 is 0 Å². The molecule has 0 aliphatic heterocycles. The maximum atomic E-state index is 6.15. The Labute approximate surface area is 121 Å². The number of hydrogen-bond donors (Lipinski definition) is 2. The van der Waals surface area contributed by atoms with Crippen LogP contribution in [0.1, 0.15) is 76.5 Å². The summed E-state index contributed by atoms with van der Waals surface area (Å²) >= 11 is 0. The zero-order valence-electron chi connectivity index (χ0n) is 13.0. The largest absolute Gasteiger partial charge is 0.382 e. The summed E-state index contributed by atoms with van der Waals surface area (Å²) in [5.74, 6) is 3.07. The molecular weight excluding hydrogens is 246 g/mol. The number of nitrogens with one attached hydrogen (secondary N) is 1. The first-order chi connectivity index (χ1) is 9.41. The minimum atomic E-state index is 0.350. The van der Waals surface area contributed by atoms with Crippen molar-refractivity contribution in [3.8, 4) is 0 Å². The third-order valence-electron chi connectivity index (χ3n) is 6.29. The van der Waals surface area contributed by atoms with Crippen molar-refractivity contribution in [2.24, 2.45) is 17.3 Å². The summed E-state index contributed by atoms with van der Waals surface area (Å²) in [7, 11) is 0. The van der Waals surface area contributed by atoms with Crippen molar-refractivity contribution >= 4 is 5.82 Å². The average Bonchev–Trinajstić information content (AvgIpc) is 2.68. The van der Waals surface area contributed by atoms with Gasteiger partial charge in [-0.25, -0.2) is 0 Å². The van der Waals surface area contributed by atoms with E-state index in [1.807, 2.05) is 0 Å². The van der Waals surface area contributed by atoms with Gasteiger partial charge in [0.15, 0.2) is 0 Å². The second-order valence-electron chi connectivity index (χ2n) is 8.60. The zero-order valence-corrected chi connectivity index (χ0v) is 13.0. The Balaban J connectivity index is 1.82. The van der Waals surface area contributed by atoms with E-state index in [2.05, 4.69) is 31.0 Å². The summed E-state index contributed by atoms with van der Waals surface area (Å²) in [4.78, 5) is 0. The van der Waals surface area contributed by atoms with Crippen molar-refractivity contribution in [1.82, 2.24) is 10.2 Å². The van der Waals surface area contributed by atoms with Crippen LogP contribution in [0.4, 0.5) is 5.82 Å². The minimum absolute atomic E-state index is 0.350. The topological polar surface area (TPSA) is 54.7 Å². The Morgan fingerprint density at radius 1 is 1.20 bits per heavy atom. The molecule has 1 aromatic rings. The van der Waals surface area contributed by atoms with Crippen molar-refractivity contribution in [1.29, 1.82) is 0 Å². The number of nitrogen functional groups attached to an aromatic ring is 1. The molecule has 4 saturated carbocycles. The minimum Gasteiger partial charge on any atom is -0.382 e. The summed E-state index contributed by atoms with van der Waals surface area (Å²) in [6, 6.07) is 0. The molecule has 0 radical (unpaired) electrons. The van der Waals surface area contributed by atoms with Gasteiger partial charge >= 0.3 is 0 Å². The van der Waals surface area contributed by atoms with Gasteiger partial charge in [-0.1, -0.05) is 20.8 Å². The fourth-order valence-corrected chi connectivity index (χ4v) is 6.37. The van der Waals surface area contributed by atoms with Gasteiger partial charge in [0.1, 0.15) is 5.82 Å². The summed E-state index contributed by atoms with van der Waals surface area (Å²) in [6.45, 7) is 7.01. The van der Waals surface area contributed by atoms with E-state index in [4.69, 9.17) is 5.73 Å². The van der Waals surface area contributed by atoms with Crippen molar-refractivity contribution in [3.05, 3.63) is 11.3 Å². The molecule has 0 spiro atoms. The molecule has 5 rings (SSSR count). The highest BCUT2D eigenvalue weighted by Crippen LogP contribution is 2.65. The van der Waals surface area contributed by atoms with Crippen molar-refractivity contribution in [3.63, 3.8) is 0 Å². The van der Waals surface area contributed by atoms with Gasteiger partial charge in [0.2, 0.25) is 0 Å². The standard InChI is InChI=1S/C17H27N3/c1-10(2)13-14(19-20-15(13)18)17-7-11-4-12(8-17)6-16(3,5-11)9-17/h10-12H,4-9H2,1-3H3,(H3,18,19,20). The maximum Gasteiger partial charge on any atom is 0.148 e. The van der Waals surface area contributed by atoms with E-state index in [1.54, 1.807) is 0 Å². The Kier molecular flexibility index (Phi) is 2.42. The van der Waals surface area contributed by atoms with Gasteiger partial charge in [-0.15, -0.1) is 0 Å². The second kappa shape index (κ2) is 3.80. The fourth-order valence-electron chi connectivity index (χ4n) is 6.37. The predicted octanol–water partition coefficient (Wildman–Crippen LogP) is 3.97. The fraction of sp³-hybridized carbons (Fsp3) is 0.824. The number of aromatic amines is 1. The van der Waals surface area contributed by atoms with Crippen LogP contribution in [0.25, 0.3) is 0 Å². The van der Waals surface area contributed by atoms with Gasteiger partial charge in [0, 0.05) is 16.7 Å². The maximum absolute atomic E-state index is 6.15. The van der Waals surface area contributed by atoms with Gasteiger partial charge in [0.25, 0.3) is 0 Å². The SMILES string of the molecule is CC(C)c1c(N)n[nH]c1C12CC3CC(CC(C)(C3)C1)C2. The lowest BCUT2D eigenvalue weighted by Gasteiger charge is -2.61. The molecule has 4 aliphatic rings. The van der Waals surface area contributed by atoms with Crippen LogP contribution in [0.5, 0.6) is 0 Å². The summed E-state index contributed by atoms with van der Waals surface area (Å²) < 4.78 is 0. The second-order valence-corrected chi connectivity index (χ2v) is 8.60. The van der Waals surface area contributed by atoms with E-state index in [1.165, 1.54) is 49.8 Å².